The topological polar surface area (TPSA) is 82.7 Å². The molecule has 0 aromatic carbocycles. The molecule has 25 heavy (non-hydrogen) atoms. The van der Waals surface area contributed by atoms with E-state index in [1.165, 1.54) is 7.11 Å². The molecule has 0 spiro atoms. The number of carbonyl (C=O) groups excluding carboxylic acids is 3. The third-order valence-electron chi connectivity index (χ3n) is 4.57. The highest BCUT2D eigenvalue weighted by Gasteiger charge is 2.23. The van der Waals surface area contributed by atoms with Gasteiger partial charge in [-0.1, -0.05) is 0 Å². The molecular weight excluding hydrogens is 322 g/mol. The summed E-state index contributed by atoms with van der Waals surface area (Å²) in [5.41, 5.74) is 3.11. The lowest BCUT2D eigenvalue weighted by Crippen LogP contribution is -2.38. The average molecular weight is 349 g/mol. The van der Waals surface area contributed by atoms with Crippen molar-refractivity contribution in [3.05, 3.63) is 23.0 Å². The van der Waals surface area contributed by atoms with E-state index in [0.29, 0.717) is 32.6 Å². The van der Waals surface area contributed by atoms with Crippen molar-refractivity contribution in [3.63, 3.8) is 0 Å². The van der Waals surface area contributed by atoms with E-state index in [-0.39, 0.29) is 30.6 Å². The Labute approximate surface area is 148 Å². The van der Waals surface area contributed by atoms with Crippen LogP contribution in [0.25, 0.3) is 0 Å². The molecule has 0 unspecified atom stereocenters. The molecule has 1 aliphatic rings. The fourth-order valence-corrected chi connectivity index (χ4v) is 3.13. The molecule has 1 fully saturated rings. The Balaban J connectivity index is 1.85. The number of nitrogens with zero attached hydrogens (tertiary/aromatic N) is 2. The van der Waals surface area contributed by atoms with Gasteiger partial charge in [-0.2, -0.15) is 0 Å². The van der Waals surface area contributed by atoms with E-state index in [1.54, 1.807) is 4.90 Å². The number of ether oxygens (including phenoxy) is 1. The molecule has 138 valence electrons. The molecule has 1 saturated heterocycles. The molecule has 0 radical (unpaired) electrons. The standard InChI is InChI=1S/C18H27N3O4/c1-13-11-15(14(2)19-13)12-17(23)21-8-4-7-20(9-10-21)16(22)5-6-18(24)25-3/h11,19H,4-10,12H2,1-3H3. The largest absolute Gasteiger partial charge is 0.469 e. The highest BCUT2D eigenvalue weighted by molar-refractivity contribution is 5.82. The monoisotopic (exact) mass is 349 g/mol. The first-order valence-electron chi connectivity index (χ1n) is 8.68. The Morgan fingerprint density at radius 2 is 1.68 bits per heavy atom. The normalized spacial score (nSPS) is 15.0. The summed E-state index contributed by atoms with van der Waals surface area (Å²) in [6.07, 6.45) is 1.39. The van der Waals surface area contributed by atoms with Gasteiger partial charge in [0.25, 0.3) is 0 Å². The summed E-state index contributed by atoms with van der Waals surface area (Å²) in [7, 11) is 1.32. The van der Waals surface area contributed by atoms with Crippen LogP contribution in [0.15, 0.2) is 6.07 Å². The fourth-order valence-electron chi connectivity index (χ4n) is 3.13. The minimum absolute atomic E-state index is 0.0585. The molecule has 1 aromatic rings. The van der Waals surface area contributed by atoms with Crippen LogP contribution in [0.4, 0.5) is 0 Å². The number of rotatable bonds is 5. The summed E-state index contributed by atoms with van der Waals surface area (Å²) in [6, 6.07) is 2.01. The quantitative estimate of drug-likeness (QED) is 0.810. The van der Waals surface area contributed by atoms with E-state index >= 15 is 0 Å². The van der Waals surface area contributed by atoms with Gasteiger partial charge in [0, 0.05) is 44.0 Å². The Morgan fingerprint density at radius 1 is 1.04 bits per heavy atom. The number of aryl methyl sites for hydroxylation is 2. The second kappa shape index (κ2) is 8.69. The molecule has 1 N–H and O–H groups in total. The van der Waals surface area contributed by atoms with Gasteiger partial charge in [0.1, 0.15) is 0 Å². The first-order valence-corrected chi connectivity index (χ1v) is 8.68. The smallest absolute Gasteiger partial charge is 0.306 e. The van der Waals surface area contributed by atoms with Crippen LogP contribution in [0.2, 0.25) is 0 Å². The van der Waals surface area contributed by atoms with Crippen LogP contribution in [0, 0.1) is 13.8 Å². The van der Waals surface area contributed by atoms with Crippen molar-refractivity contribution in [1.29, 1.82) is 0 Å². The maximum absolute atomic E-state index is 12.6. The lowest BCUT2D eigenvalue weighted by atomic mass is 10.1. The van der Waals surface area contributed by atoms with Crippen molar-refractivity contribution < 1.29 is 19.1 Å². The average Bonchev–Trinajstić information content (AvgIpc) is 2.79. The first-order chi connectivity index (χ1) is 11.9. The van der Waals surface area contributed by atoms with Gasteiger partial charge in [-0.05, 0) is 31.9 Å². The van der Waals surface area contributed by atoms with Gasteiger partial charge in [0.2, 0.25) is 11.8 Å². The molecule has 1 aliphatic heterocycles. The van der Waals surface area contributed by atoms with Crippen LogP contribution >= 0.6 is 0 Å². The number of H-pyrrole nitrogens is 1. The van der Waals surface area contributed by atoms with Gasteiger partial charge in [0.15, 0.2) is 0 Å². The highest BCUT2D eigenvalue weighted by atomic mass is 16.5. The number of hydrogen-bond donors (Lipinski definition) is 1. The predicted molar refractivity (Wildman–Crippen MR) is 93.0 cm³/mol. The second-order valence-corrected chi connectivity index (χ2v) is 6.47. The fraction of sp³-hybridized carbons (Fsp3) is 0.611. The summed E-state index contributed by atoms with van der Waals surface area (Å²) in [4.78, 5) is 42.7. The summed E-state index contributed by atoms with van der Waals surface area (Å²) in [5.74, 6) is -0.347. The molecular formula is C18H27N3O4. The third-order valence-corrected chi connectivity index (χ3v) is 4.57. The lowest BCUT2D eigenvalue weighted by Gasteiger charge is -2.22. The Morgan fingerprint density at radius 3 is 2.24 bits per heavy atom. The SMILES string of the molecule is COC(=O)CCC(=O)N1CCCN(C(=O)Cc2cc(C)[nH]c2C)CC1. The van der Waals surface area contributed by atoms with Crippen molar-refractivity contribution in [1.82, 2.24) is 14.8 Å². The number of carbonyl (C=O) groups is 3. The molecule has 2 rings (SSSR count). The molecule has 7 nitrogen and oxygen atoms in total. The maximum atomic E-state index is 12.6. The van der Waals surface area contributed by atoms with Gasteiger partial charge in [0.05, 0.1) is 20.0 Å². The van der Waals surface area contributed by atoms with Crippen molar-refractivity contribution in [3.8, 4) is 0 Å². The van der Waals surface area contributed by atoms with Crippen LogP contribution in [0.3, 0.4) is 0 Å². The Bertz CT molecular complexity index is 638. The van der Waals surface area contributed by atoms with Crippen molar-refractivity contribution >= 4 is 17.8 Å². The van der Waals surface area contributed by atoms with Crippen molar-refractivity contribution in [2.75, 3.05) is 33.3 Å². The zero-order chi connectivity index (χ0) is 18.4. The third kappa shape index (κ3) is 5.34. The molecule has 7 heteroatoms. The molecule has 2 amide bonds. The second-order valence-electron chi connectivity index (χ2n) is 6.47. The number of amides is 2. The summed E-state index contributed by atoms with van der Waals surface area (Å²) < 4.78 is 4.56. The number of esters is 1. The zero-order valence-electron chi connectivity index (χ0n) is 15.3. The van der Waals surface area contributed by atoms with Crippen LogP contribution in [-0.4, -0.2) is 65.9 Å². The highest BCUT2D eigenvalue weighted by Crippen LogP contribution is 2.13. The van der Waals surface area contributed by atoms with E-state index in [2.05, 4.69) is 9.72 Å². The zero-order valence-corrected chi connectivity index (χ0v) is 15.3. The van der Waals surface area contributed by atoms with Crippen molar-refractivity contribution in [2.45, 2.75) is 39.5 Å². The van der Waals surface area contributed by atoms with Crippen LogP contribution in [0.5, 0.6) is 0 Å². The number of nitrogens with one attached hydrogen (secondary N) is 1. The number of methoxy groups -OCH3 is 1. The molecule has 0 aliphatic carbocycles. The summed E-state index contributed by atoms with van der Waals surface area (Å²) in [6.45, 7) is 6.26. The predicted octanol–water partition coefficient (Wildman–Crippen LogP) is 1.19. The molecule has 0 saturated carbocycles. The Kier molecular flexibility index (Phi) is 6.61. The summed E-state index contributed by atoms with van der Waals surface area (Å²) in [5, 5.41) is 0. The van der Waals surface area contributed by atoms with Crippen LogP contribution < -0.4 is 0 Å². The van der Waals surface area contributed by atoms with E-state index in [0.717, 1.165) is 23.4 Å². The van der Waals surface area contributed by atoms with E-state index < -0.39 is 0 Å². The van der Waals surface area contributed by atoms with Gasteiger partial charge in [-0.3, -0.25) is 14.4 Å². The van der Waals surface area contributed by atoms with E-state index in [1.807, 2.05) is 24.8 Å². The molecule has 2 heterocycles. The van der Waals surface area contributed by atoms with Gasteiger partial charge in [-0.25, -0.2) is 0 Å². The molecule has 1 aromatic heterocycles. The van der Waals surface area contributed by atoms with Crippen LogP contribution in [0.1, 0.15) is 36.2 Å². The van der Waals surface area contributed by atoms with Gasteiger partial charge >= 0.3 is 5.97 Å². The van der Waals surface area contributed by atoms with Crippen LogP contribution in [-0.2, 0) is 25.5 Å². The lowest BCUT2D eigenvalue weighted by molar-refractivity contribution is -0.143. The minimum atomic E-state index is -0.378. The maximum Gasteiger partial charge on any atom is 0.306 e. The number of aromatic nitrogens is 1. The Hall–Kier alpha value is -2.31. The van der Waals surface area contributed by atoms with E-state index in [9.17, 15) is 14.4 Å². The molecule has 0 bridgehead atoms. The van der Waals surface area contributed by atoms with E-state index in [4.69, 9.17) is 0 Å². The first kappa shape index (κ1) is 19.0. The molecule has 0 atom stereocenters. The van der Waals surface area contributed by atoms with Gasteiger partial charge < -0.3 is 19.5 Å². The summed E-state index contributed by atoms with van der Waals surface area (Å²) >= 11 is 0. The number of hydrogen-bond acceptors (Lipinski definition) is 4. The number of aromatic amines is 1. The minimum Gasteiger partial charge on any atom is -0.469 e. The van der Waals surface area contributed by atoms with Gasteiger partial charge in [-0.15, -0.1) is 0 Å². The van der Waals surface area contributed by atoms with Crippen molar-refractivity contribution in [2.24, 2.45) is 0 Å².